The van der Waals surface area contributed by atoms with Crippen LogP contribution in [0.4, 0.5) is 0 Å². The molecule has 3 fully saturated rings. The largest absolute Gasteiger partial charge is 0.459 e. The van der Waals surface area contributed by atoms with E-state index >= 15 is 0 Å². The lowest BCUT2D eigenvalue weighted by atomic mass is 10.1. The van der Waals surface area contributed by atoms with E-state index in [9.17, 15) is 22.8 Å². The second-order valence-electron chi connectivity index (χ2n) is 8.54. The quantitative estimate of drug-likeness (QED) is 0.599. The van der Waals surface area contributed by atoms with Gasteiger partial charge in [0.05, 0.1) is 17.8 Å². The van der Waals surface area contributed by atoms with Gasteiger partial charge in [0.25, 0.3) is 11.8 Å². The predicted octanol–water partition coefficient (Wildman–Crippen LogP) is 1.39. The Kier molecular flexibility index (Phi) is 6.36. The number of nitrogens with zero attached hydrogens (tertiary/aromatic N) is 2. The van der Waals surface area contributed by atoms with Crippen LogP contribution in [0.1, 0.15) is 55.5 Å². The molecule has 1 aromatic rings. The Morgan fingerprint density at radius 2 is 1.87 bits per heavy atom. The predicted molar refractivity (Wildman–Crippen MR) is 110 cm³/mol. The molecule has 0 aromatic carbocycles. The third-order valence-electron chi connectivity index (χ3n) is 6.46. The highest BCUT2D eigenvalue weighted by Crippen LogP contribution is 2.29. The smallest absolute Gasteiger partial charge is 0.329 e. The lowest BCUT2D eigenvalue weighted by Crippen LogP contribution is -2.49. The van der Waals surface area contributed by atoms with Crippen LogP contribution in [0.3, 0.4) is 0 Å². The maximum atomic E-state index is 13.0. The second-order valence-corrected chi connectivity index (χ2v) is 10.8. The van der Waals surface area contributed by atoms with Gasteiger partial charge in [0.1, 0.15) is 6.04 Å². The molecule has 10 heteroatoms. The number of furan rings is 1. The lowest BCUT2D eigenvalue weighted by Gasteiger charge is -2.34. The van der Waals surface area contributed by atoms with Crippen molar-refractivity contribution < 1.29 is 32.0 Å². The number of sulfone groups is 1. The Hall–Kier alpha value is -2.36. The van der Waals surface area contributed by atoms with Crippen molar-refractivity contribution in [3.05, 3.63) is 24.2 Å². The van der Waals surface area contributed by atoms with Crippen molar-refractivity contribution in [1.82, 2.24) is 9.80 Å². The van der Waals surface area contributed by atoms with Gasteiger partial charge in [-0.05, 0) is 44.2 Å². The summed E-state index contributed by atoms with van der Waals surface area (Å²) in [5.41, 5.74) is 0. The monoisotopic (exact) mass is 452 g/mol. The molecule has 4 rings (SSSR count). The molecule has 3 heterocycles. The number of hydrogen-bond acceptors (Lipinski definition) is 7. The lowest BCUT2D eigenvalue weighted by molar-refractivity contribution is -0.157. The Bertz CT molecular complexity index is 922. The molecule has 2 unspecified atom stereocenters. The van der Waals surface area contributed by atoms with Crippen LogP contribution in [0.2, 0.25) is 0 Å². The molecule has 31 heavy (non-hydrogen) atoms. The zero-order valence-electron chi connectivity index (χ0n) is 17.4. The van der Waals surface area contributed by atoms with Crippen LogP contribution in [-0.2, 0) is 24.2 Å². The molecule has 0 N–H and O–H groups in total. The minimum absolute atomic E-state index is 0.00647. The number of rotatable bonds is 6. The first-order chi connectivity index (χ1) is 14.9. The average molecular weight is 453 g/mol. The molecule has 0 bridgehead atoms. The number of carbonyl (C=O) groups is 3. The van der Waals surface area contributed by atoms with E-state index in [-0.39, 0.29) is 41.2 Å². The molecule has 2 aliphatic heterocycles. The summed E-state index contributed by atoms with van der Waals surface area (Å²) >= 11 is 0. The summed E-state index contributed by atoms with van der Waals surface area (Å²) in [6.07, 6.45) is 6.62. The summed E-state index contributed by atoms with van der Waals surface area (Å²) in [7, 11) is -3.14. The molecular formula is C21H28N2O7S. The molecule has 2 amide bonds. The van der Waals surface area contributed by atoms with E-state index in [0.29, 0.717) is 25.8 Å². The van der Waals surface area contributed by atoms with Crippen molar-refractivity contribution in [2.75, 3.05) is 24.7 Å². The number of carbonyl (C=O) groups excluding carboxylic acids is 3. The highest BCUT2D eigenvalue weighted by molar-refractivity contribution is 7.91. The molecule has 1 aromatic heterocycles. The fourth-order valence-electron chi connectivity index (χ4n) is 4.98. The van der Waals surface area contributed by atoms with Gasteiger partial charge in [-0.2, -0.15) is 0 Å². The molecule has 1 aliphatic carbocycles. The Balaban J connectivity index is 1.39. The van der Waals surface area contributed by atoms with Crippen LogP contribution in [0.5, 0.6) is 0 Å². The summed E-state index contributed by atoms with van der Waals surface area (Å²) in [6.45, 7) is -0.0213. The number of esters is 1. The van der Waals surface area contributed by atoms with Crippen molar-refractivity contribution in [3.8, 4) is 0 Å². The summed E-state index contributed by atoms with van der Waals surface area (Å²) in [5, 5.41) is 0. The molecule has 170 valence electrons. The zero-order chi connectivity index (χ0) is 22.0. The van der Waals surface area contributed by atoms with Gasteiger partial charge in [-0.25, -0.2) is 13.2 Å². The maximum absolute atomic E-state index is 13.0. The first kappa shape index (κ1) is 21.9. The molecule has 3 aliphatic rings. The molecule has 2 atom stereocenters. The van der Waals surface area contributed by atoms with Gasteiger partial charge in [0, 0.05) is 18.6 Å². The van der Waals surface area contributed by atoms with Crippen LogP contribution in [0.15, 0.2) is 22.8 Å². The summed E-state index contributed by atoms with van der Waals surface area (Å²) < 4.78 is 34.4. The number of amides is 2. The minimum atomic E-state index is -3.14. The van der Waals surface area contributed by atoms with Gasteiger partial charge >= 0.3 is 5.97 Å². The molecule has 2 saturated heterocycles. The van der Waals surface area contributed by atoms with Gasteiger partial charge in [0.15, 0.2) is 22.2 Å². The van der Waals surface area contributed by atoms with Crippen molar-refractivity contribution in [3.63, 3.8) is 0 Å². The van der Waals surface area contributed by atoms with Gasteiger partial charge in [-0.3, -0.25) is 9.59 Å². The highest BCUT2D eigenvalue weighted by Gasteiger charge is 2.40. The number of hydrogen-bond donors (Lipinski definition) is 0. The zero-order valence-corrected chi connectivity index (χ0v) is 18.2. The van der Waals surface area contributed by atoms with Gasteiger partial charge < -0.3 is 19.0 Å². The van der Waals surface area contributed by atoms with E-state index in [2.05, 4.69) is 0 Å². The normalized spacial score (nSPS) is 25.6. The van der Waals surface area contributed by atoms with Crippen molar-refractivity contribution >= 4 is 27.6 Å². The van der Waals surface area contributed by atoms with E-state index < -0.39 is 28.5 Å². The number of likely N-dealkylation sites (tertiary alicyclic amines) is 1. The SMILES string of the molecule is O=C(OCC(=O)N(C1CCCC1)C1CCS(=O)(=O)C1)C1CCCN1C(=O)c1ccco1. The van der Waals surface area contributed by atoms with Crippen molar-refractivity contribution in [2.24, 2.45) is 0 Å². The number of ether oxygens (including phenoxy) is 1. The van der Waals surface area contributed by atoms with Crippen LogP contribution >= 0.6 is 0 Å². The van der Waals surface area contributed by atoms with E-state index in [0.717, 1.165) is 25.7 Å². The first-order valence-corrected chi connectivity index (χ1v) is 12.7. The molecule has 9 nitrogen and oxygen atoms in total. The van der Waals surface area contributed by atoms with Crippen LogP contribution in [0.25, 0.3) is 0 Å². The Labute approximate surface area is 181 Å². The second kappa shape index (κ2) is 9.02. The average Bonchev–Trinajstić information content (AvgIpc) is 3.53. The summed E-state index contributed by atoms with van der Waals surface area (Å²) in [4.78, 5) is 41.3. The summed E-state index contributed by atoms with van der Waals surface area (Å²) in [6, 6.07) is 2.03. The highest BCUT2D eigenvalue weighted by atomic mass is 32.2. The third kappa shape index (κ3) is 4.78. The molecular weight excluding hydrogens is 424 g/mol. The third-order valence-corrected chi connectivity index (χ3v) is 8.21. The van der Waals surface area contributed by atoms with Crippen LogP contribution < -0.4 is 0 Å². The topological polar surface area (TPSA) is 114 Å². The fraction of sp³-hybridized carbons (Fsp3) is 0.667. The minimum Gasteiger partial charge on any atom is -0.459 e. The van der Waals surface area contributed by atoms with Gasteiger partial charge in [0.2, 0.25) is 0 Å². The van der Waals surface area contributed by atoms with E-state index in [1.54, 1.807) is 17.0 Å². The standard InChI is InChI=1S/C21H28N2O7S/c24-19(23(15-5-1-2-6-15)16-9-12-31(27,28)14-16)13-30-21(26)17-7-3-10-22(17)20(25)18-8-4-11-29-18/h4,8,11,15-17H,1-3,5-7,9-10,12-14H2. The maximum Gasteiger partial charge on any atom is 0.329 e. The fourth-order valence-corrected chi connectivity index (χ4v) is 6.69. The molecule has 0 spiro atoms. The van der Waals surface area contributed by atoms with E-state index in [1.807, 2.05) is 0 Å². The van der Waals surface area contributed by atoms with E-state index in [1.165, 1.54) is 11.2 Å². The van der Waals surface area contributed by atoms with Crippen molar-refractivity contribution in [2.45, 2.75) is 63.1 Å². The Morgan fingerprint density at radius 1 is 1.10 bits per heavy atom. The van der Waals surface area contributed by atoms with Crippen LogP contribution in [-0.4, -0.2) is 78.8 Å². The van der Waals surface area contributed by atoms with E-state index in [4.69, 9.17) is 9.15 Å². The Morgan fingerprint density at radius 3 is 2.52 bits per heavy atom. The molecule has 0 radical (unpaired) electrons. The van der Waals surface area contributed by atoms with Crippen LogP contribution in [0, 0.1) is 0 Å². The summed E-state index contributed by atoms with van der Waals surface area (Å²) in [5.74, 6) is -1.14. The molecule has 1 saturated carbocycles. The van der Waals surface area contributed by atoms with Gasteiger partial charge in [-0.15, -0.1) is 0 Å². The van der Waals surface area contributed by atoms with Gasteiger partial charge in [-0.1, -0.05) is 12.8 Å². The van der Waals surface area contributed by atoms with Crippen molar-refractivity contribution in [1.29, 1.82) is 0 Å². The first-order valence-electron chi connectivity index (χ1n) is 10.9.